The molecule has 3 aromatic rings. The lowest BCUT2D eigenvalue weighted by atomic mass is 10.0. The fraction of sp³-hybridized carbons (Fsp3) is 0.0625. The molecule has 0 fully saturated rings. The molecule has 0 aliphatic carbocycles. The molecule has 98 valence electrons. The average Bonchev–Trinajstić information content (AvgIpc) is 2.56. The lowest BCUT2D eigenvalue weighted by molar-refractivity contribution is 1.04. The van der Waals surface area contributed by atoms with Gasteiger partial charge in [-0.25, -0.2) is 0 Å². The van der Waals surface area contributed by atoms with Gasteiger partial charge in [-0.05, 0) is 23.8 Å². The van der Waals surface area contributed by atoms with E-state index in [0.29, 0.717) is 0 Å². The van der Waals surface area contributed by atoms with Crippen molar-refractivity contribution in [1.29, 1.82) is 0 Å². The zero-order valence-corrected chi connectivity index (χ0v) is 11.1. The van der Waals surface area contributed by atoms with Gasteiger partial charge in [-0.3, -0.25) is 4.98 Å². The lowest BCUT2D eigenvalue weighted by Gasteiger charge is -2.10. The van der Waals surface area contributed by atoms with E-state index in [0.717, 1.165) is 28.2 Å². The predicted molar refractivity (Wildman–Crippen MR) is 80.2 cm³/mol. The molecular formula is C16H14N4. The summed E-state index contributed by atoms with van der Waals surface area (Å²) in [5.41, 5.74) is 4.04. The van der Waals surface area contributed by atoms with Crippen molar-refractivity contribution in [2.24, 2.45) is 0 Å². The first kappa shape index (κ1) is 12.3. The number of rotatable bonds is 3. The Morgan fingerprint density at radius 3 is 2.30 bits per heavy atom. The Bertz CT molecular complexity index is 696. The standard InChI is InChI=1S/C16H14N4/c1-17-15-11-14(12-7-9-18-10-8-12)16(20-19-15)13-5-3-2-4-6-13/h2-11H,1H3,(H,17,19). The molecule has 0 aliphatic rings. The molecule has 0 atom stereocenters. The zero-order chi connectivity index (χ0) is 13.8. The van der Waals surface area contributed by atoms with Crippen molar-refractivity contribution in [2.45, 2.75) is 0 Å². The van der Waals surface area contributed by atoms with Gasteiger partial charge in [-0.15, -0.1) is 10.2 Å². The summed E-state index contributed by atoms with van der Waals surface area (Å²) >= 11 is 0. The van der Waals surface area contributed by atoms with Crippen LogP contribution in [0.1, 0.15) is 0 Å². The summed E-state index contributed by atoms with van der Waals surface area (Å²) in [7, 11) is 1.84. The van der Waals surface area contributed by atoms with Gasteiger partial charge < -0.3 is 5.32 Å². The van der Waals surface area contributed by atoms with E-state index in [1.54, 1.807) is 12.4 Å². The van der Waals surface area contributed by atoms with E-state index in [-0.39, 0.29) is 0 Å². The van der Waals surface area contributed by atoms with E-state index < -0.39 is 0 Å². The summed E-state index contributed by atoms with van der Waals surface area (Å²) in [5.74, 6) is 0.747. The summed E-state index contributed by atoms with van der Waals surface area (Å²) in [5, 5.41) is 11.6. The van der Waals surface area contributed by atoms with Gasteiger partial charge in [0.15, 0.2) is 0 Å². The third-order valence-electron chi connectivity index (χ3n) is 3.09. The zero-order valence-electron chi connectivity index (χ0n) is 11.1. The Hall–Kier alpha value is -2.75. The largest absolute Gasteiger partial charge is 0.372 e. The number of aromatic nitrogens is 3. The molecule has 2 aromatic heterocycles. The molecule has 0 unspecified atom stereocenters. The van der Waals surface area contributed by atoms with Gasteiger partial charge in [-0.2, -0.15) is 0 Å². The maximum absolute atomic E-state index is 4.36. The fourth-order valence-electron chi connectivity index (χ4n) is 2.07. The SMILES string of the molecule is CNc1cc(-c2ccncc2)c(-c2ccccc2)nn1. The normalized spacial score (nSPS) is 10.2. The maximum atomic E-state index is 4.36. The van der Waals surface area contributed by atoms with Gasteiger partial charge in [0.1, 0.15) is 11.5 Å². The molecule has 0 amide bonds. The molecule has 0 bridgehead atoms. The Morgan fingerprint density at radius 2 is 1.60 bits per heavy atom. The second-order valence-electron chi connectivity index (χ2n) is 4.34. The van der Waals surface area contributed by atoms with Crippen LogP contribution in [0.25, 0.3) is 22.4 Å². The van der Waals surface area contributed by atoms with Gasteiger partial charge in [0.25, 0.3) is 0 Å². The summed E-state index contributed by atoms with van der Waals surface area (Å²) in [6, 6.07) is 16.0. The number of hydrogen-bond acceptors (Lipinski definition) is 4. The molecule has 4 nitrogen and oxygen atoms in total. The quantitative estimate of drug-likeness (QED) is 0.787. The van der Waals surface area contributed by atoms with Crippen LogP contribution in [-0.4, -0.2) is 22.2 Å². The third kappa shape index (κ3) is 2.36. The molecule has 0 saturated heterocycles. The van der Waals surface area contributed by atoms with Gasteiger partial charge in [-0.1, -0.05) is 30.3 Å². The van der Waals surface area contributed by atoms with Crippen LogP contribution in [0.4, 0.5) is 5.82 Å². The van der Waals surface area contributed by atoms with Crippen molar-refractivity contribution in [3.8, 4) is 22.4 Å². The Labute approximate surface area is 117 Å². The monoisotopic (exact) mass is 262 g/mol. The molecule has 4 heteroatoms. The van der Waals surface area contributed by atoms with Crippen molar-refractivity contribution < 1.29 is 0 Å². The van der Waals surface area contributed by atoms with Gasteiger partial charge in [0.2, 0.25) is 0 Å². The summed E-state index contributed by atoms with van der Waals surface area (Å²) in [4.78, 5) is 4.06. The molecular weight excluding hydrogens is 248 g/mol. The number of anilines is 1. The van der Waals surface area contributed by atoms with Crippen molar-refractivity contribution in [3.63, 3.8) is 0 Å². The second kappa shape index (κ2) is 5.48. The van der Waals surface area contributed by atoms with Crippen molar-refractivity contribution in [1.82, 2.24) is 15.2 Å². The molecule has 0 aliphatic heterocycles. The molecule has 20 heavy (non-hydrogen) atoms. The Kier molecular flexibility index (Phi) is 3.37. The number of nitrogens with zero attached hydrogens (tertiary/aromatic N) is 3. The van der Waals surface area contributed by atoms with E-state index >= 15 is 0 Å². The number of nitrogens with one attached hydrogen (secondary N) is 1. The molecule has 0 radical (unpaired) electrons. The molecule has 1 N–H and O–H groups in total. The van der Waals surface area contributed by atoms with Crippen LogP contribution in [-0.2, 0) is 0 Å². The van der Waals surface area contributed by atoms with E-state index in [1.165, 1.54) is 0 Å². The van der Waals surface area contributed by atoms with E-state index in [9.17, 15) is 0 Å². The highest BCUT2D eigenvalue weighted by atomic mass is 15.2. The molecule has 1 aromatic carbocycles. The highest BCUT2D eigenvalue weighted by Gasteiger charge is 2.10. The average molecular weight is 262 g/mol. The first-order chi connectivity index (χ1) is 9.88. The smallest absolute Gasteiger partial charge is 0.149 e. The predicted octanol–water partition coefficient (Wildman–Crippen LogP) is 3.25. The first-order valence-corrected chi connectivity index (χ1v) is 6.40. The molecule has 0 saturated carbocycles. The van der Waals surface area contributed by atoms with Crippen LogP contribution < -0.4 is 5.32 Å². The number of benzene rings is 1. The summed E-state index contributed by atoms with van der Waals surface area (Å²) < 4.78 is 0. The minimum Gasteiger partial charge on any atom is -0.372 e. The topological polar surface area (TPSA) is 50.7 Å². The maximum Gasteiger partial charge on any atom is 0.149 e. The third-order valence-corrected chi connectivity index (χ3v) is 3.09. The molecule has 2 heterocycles. The number of pyridine rings is 1. The molecule has 0 spiro atoms. The van der Waals surface area contributed by atoms with Gasteiger partial charge >= 0.3 is 0 Å². The first-order valence-electron chi connectivity index (χ1n) is 6.40. The van der Waals surface area contributed by atoms with Crippen molar-refractivity contribution in [3.05, 3.63) is 60.9 Å². The van der Waals surface area contributed by atoms with Crippen molar-refractivity contribution >= 4 is 5.82 Å². The minimum atomic E-state index is 0.747. The van der Waals surface area contributed by atoms with Crippen LogP contribution in [0.15, 0.2) is 60.9 Å². The van der Waals surface area contributed by atoms with Crippen LogP contribution in [0.3, 0.4) is 0 Å². The second-order valence-corrected chi connectivity index (χ2v) is 4.34. The van der Waals surface area contributed by atoms with Gasteiger partial charge in [0, 0.05) is 30.6 Å². The van der Waals surface area contributed by atoms with Crippen LogP contribution >= 0.6 is 0 Å². The van der Waals surface area contributed by atoms with E-state index in [1.807, 2.05) is 55.6 Å². The van der Waals surface area contributed by atoms with Gasteiger partial charge in [0.05, 0.1) is 0 Å². The number of hydrogen-bond donors (Lipinski definition) is 1. The Balaban J connectivity index is 2.20. The van der Waals surface area contributed by atoms with Crippen LogP contribution in [0.5, 0.6) is 0 Å². The lowest BCUT2D eigenvalue weighted by Crippen LogP contribution is -1.98. The highest BCUT2D eigenvalue weighted by molar-refractivity contribution is 5.81. The van der Waals surface area contributed by atoms with E-state index in [4.69, 9.17) is 0 Å². The molecule has 3 rings (SSSR count). The minimum absolute atomic E-state index is 0.747. The Morgan fingerprint density at radius 1 is 0.850 bits per heavy atom. The highest BCUT2D eigenvalue weighted by Crippen LogP contribution is 2.30. The van der Waals surface area contributed by atoms with Crippen molar-refractivity contribution in [2.75, 3.05) is 12.4 Å². The summed E-state index contributed by atoms with van der Waals surface area (Å²) in [6.07, 6.45) is 3.56. The van der Waals surface area contributed by atoms with Crippen LogP contribution in [0, 0.1) is 0 Å². The summed E-state index contributed by atoms with van der Waals surface area (Å²) in [6.45, 7) is 0. The van der Waals surface area contributed by atoms with E-state index in [2.05, 4.69) is 20.5 Å². The fourth-order valence-corrected chi connectivity index (χ4v) is 2.07. The van der Waals surface area contributed by atoms with Crippen LogP contribution in [0.2, 0.25) is 0 Å².